The first kappa shape index (κ1) is 13.3. The molecule has 16 heavy (non-hydrogen) atoms. The topological polar surface area (TPSA) is 61.7 Å². The molecule has 0 aliphatic heterocycles. The third kappa shape index (κ3) is 3.37. The van der Waals surface area contributed by atoms with Crippen LogP contribution in [0.15, 0.2) is 16.6 Å². The Labute approximate surface area is 103 Å². The van der Waals surface area contributed by atoms with Gasteiger partial charge in [0.2, 0.25) is 0 Å². The molecule has 0 aliphatic rings. The van der Waals surface area contributed by atoms with Crippen LogP contribution in [0.4, 0.5) is 0 Å². The minimum absolute atomic E-state index is 0.0340. The van der Waals surface area contributed by atoms with E-state index < -0.39 is 0 Å². The quantitative estimate of drug-likeness (QED) is 0.771. The number of aliphatic hydroxyl groups excluding tert-OH is 1. The number of aromatic hydroxyl groups is 1. The zero-order chi connectivity index (χ0) is 12.1. The summed E-state index contributed by atoms with van der Waals surface area (Å²) in [7, 11) is 1.51. The lowest BCUT2D eigenvalue weighted by atomic mass is 10.2. The molecular weight excluding hydrogens is 274 g/mol. The maximum Gasteiger partial charge on any atom is 0.160 e. The Morgan fingerprint density at radius 3 is 2.75 bits per heavy atom. The molecule has 0 spiro atoms. The van der Waals surface area contributed by atoms with Crippen LogP contribution in [0, 0.1) is 0 Å². The lowest BCUT2D eigenvalue weighted by Crippen LogP contribution is -2.28. The highest BCUT2D eigenvalue weighted by Crippen LogP contribution is 2.32. The lowest BCUT2D eigenvalue weighted by Gasteiger charge is -2.13. The van der Waals surface area contributed by atoms with Crippen LogP contribution in [-0.4, -0.2) is 30.0 Å². The maximum atomic E-state index is 9.52. The van der Waals surface area contributed by atoms with Crippen molar-refractivity contribution in [3.63, 3.8) is 0 Å². The third-order valence-corrected chi connectivity index (χ3v) is 3.00. The highest BCUT2D eigenvalue weighted by Gasteiger charge is 2.08. The molecule has 4 nitrogen and oxygen atoms in total. The number of nitrogens with one attached hydrogen (secondary N) is 1. The highest BCUT2D eigenvalue weighted by atomic mass is 79.9. The first-order valence-electron chi connectivity index (χ1n) is 4.98. The van der Waals surface area contributed by atoms with Crippen molar-refractivity contribution in [2.24, 2.45) is 0 Å². The summed E-state index contributed by atoms with van der Waals surface area (Å²) >= 11 is 3.36. The summed E-state index contributed by atoms with van der Waals surface area (Å²) < 4.78 is 5.83. The number of rotatable bonds is 5. The Morgan fingerprint density at radius 2 is 2.19 bits per heavy atom. The van der Waals surface area contributed by atoms with Crippen molar-refractivity contribution in [2.75, 3.05) is 13.7 Å². The van der Waals surface area contributed by atoms with Gasteiger partial charge in [0.25, 0.3) is 0 Å². The van der Waals surface area contributed by atoms with E-state index in [1.807, 2.05) is 6.92 Å². The summed E-state index contributed by atoms with van der Waals surface area (Å²) in [5, 5.41) is 21.6. The summed E-state index contributed by atoms with van der Waals surface area (Å²) in [6, 6.07) is 3.39. The number of hydrogen-bond acceptors (Lipinski definition) is 4. The molecule has 0 heterocycles. The van der Waals surface area contributed by atoms with E-state index in [-0.39, 0.29) is 18.4 Å². The molecule has 0 fully saturated rings. The second-order valence-electron chi connectivity index (χ2n) is 3.58. The molecule has 0 aliphatic carbocycles. The molecule has 90 valence electrons. The normalized spacial score (nSPS) is 12.5. The van der Waals surface area contributed by atoms with E-state index in [1.54, 1.807) is 12.1 Å². The molecule has 1 rings (SSSR count). The zero-order valence-corrected chi connectivity index (χ0v) is 10.9. The van der Waals surface area contributed by atoms with Gasteiger partial charge < -0.3 is 20.3 Å². The van der Waals surface area contributed by atoms with Gasteiger partial charge in [-0.05, 0) is 24.6 Å². The molecule has 0 amide bonds. The molecular formula is C11H16BrNO3. The Bertz CT molecular complexity index is 357. The predicted octanol–water partition coefficient (Wildman–Crippen LogP) is 1.63. The highest BCUT2D eigenvalue weighted by molar-refractivity contribution is 9.10. The fourth-order valence-electron chi connectivity index (χ4n) is 1.23. The van der Waals surface area contributed by atoms with Crippen molar-refractivity contribution in [3.05, 3.63) is 22.2 Å². The monoisotopic (exact) mass is 289 g/mol. The number of halogens is 1. The average molecular weight is 290 g/mol. The minimum atomic E-state index is 0.0340. The van der Waals surface area contributed by atoms with E-state index in [1.165, 1.54) is 7.11 Å². The summed E-state index contributed by atoms with van der Waals surface area (Å²) in [5.41, 5.74) is 0.968. The predicted molar refractivity (Wildman–Crippen MR) is 65.7 cm³/mol. The van der Waals surface area contributed by atoms with Crippen molar-refractivity contribution in [1.82, 2.24) is 5.32 Å². The first-order valence-corrected chi connectivity index (χ1v) is 5.77. The first-order chi connectivity index (χ1) is 7.58. The number of phenolic OH excluding ortho intramolecular Hbond substituents is 1. The van der Waals surface area contributed by atoms with Crippen LogP contribution >= 0.6 is 15.9 Å². The van der Waals surface area contributed by atoms with Gasteiger partial charge >= 0.3 is 0 Å². The summed E-state index contributed by atoms with van der Waals surface area (Å²) in [6.07, 6.45) is 0. The van der Waals surface area contributed by atoms with Crippen LogP contribution in [0.5, 0.6) is 11.5 Å². The van der Waals surface area contributed by atoms with Gasteiger partial charge in [0.1, 0.15) is 0 Å². The van der Waals surface area contributed by atoms with E-state index in [2.05, 4.69) is 21.2 Å². The third-order valence-electron chi connectivity index (χ3n) is 2.26. The number of methoxy groups -OCH3 is 1. The molecule has 3 N–H and O–H groups in total. The smallest absolute Gasteiger partial charge is 0.160 e. The van der Waals surface area contributed by atoms with Gasteiger partial charge in [-0.3, -0.25) is 0 Å². The summed E-state index contributed by atoms with van der Waals surface area (Å²) in [5.74, 6) is 0.546. The summed E-state index contributed by atoms with van der Waals surface area (Å²) in [6.45, 7) is 2.58. The maximum absolute atomic E-state index is 9.52. The second kappa shape index (κ2) is 6.08. The molecule has 1 aromatic rings. The number of benzene rings is 1. The van der Waals surface area contributed by atoms with Gasteiger partial charge in [-0.2, -0.15) is 0 Å². The SMILES string of the molecule is COc1cc(CN[C@H](C)CO)c(Br)cc1O. The standard InChI is InChI=1S/C11H16BrNO3/c1-7(6-14)13-5-8-3-11(16-2)10(15)4-9(8)12/h3-4,7,13-15H,5-6H2,1-2H3/t7-/m1/s1. The Hall–Kier alpha value is -0.780. The molecule has 0 unspecified atom stereocenters. The minimum Gasteiger partial charge on any atom is -0.504 e. The zero-order valence-electron chi connectivity index (χ0n) is 9.33. The Balaban J connectivity index is 2.79. The molecule has 0 saturated heterocycles. The average Bonchev–Trinajstić information content (AvgIpc) is 2.27. The Morgan fingerprint density at radius 1 is 1.50 bits per heavy atom. The molecule has 0 bridgehead atoms. The molecule has 5 heteroatoms. The van der Waals surface area contributed by atoms with Crippen LogP contribution in [0.2, 0.25) is 0 Å². The van der Waals surface area contributed by atoms with Crippen LogP contribution < -0.4 is 10.1 Å². The molecule has 0 saturated carbocycles. The van der Waals surface area contributed by atoms with E-state index in [9.17, 15) is 5.11 Å². The second-order valence-corrected chi connectivity index (χ2v) is 4.43. The molecule has 1 atom stereocenters. The largest absolute Gasteiger partial charge is 0.504 e. The van der Waals surface area contributed by atoms with Crippen LogP contribution in [-0.2, 0) is 6.54 Å². The van der Waals surface area contributed by atoms with Crippen molar-refractivity contribution in [1.29, 1.82) is 0 Å². The molecule has 0 aromatic heterocycles. The number of aliphatic hydroxyl groups is 1. The van der Waals surface area contributed by atoms with E-state index in [0.29, 0.717) is 12.3 Å². The van der Waals surface area contributed by atoms with E-state index >= 15 is 0 Å². The fraction of sp³-hybridized carbons (Fsp3) is 0.455. The van der Waals surface area contributed by atoms with Crippen molar-refractivity contribution in [2.45, 2.75) is 19.5 Å². The Kier molecular flexibility index (Phi) is 5.05. The van der Waals surface area contributed by atoms with Gasteiger partial charge in [0.15, 0.2) is 11.5 Å². The molecule has 1 aromatic carbocycles. The van der Waals surface area contributed by atoms with Gasteiger partial charge in [-0.25, -0.2) is 0 Å². The van der Waals surface area contributed by atoms with Crippen molar-refractivity contribution in [3.8, 4) is 11.5 Å². The lowest BCUT2D eigenvalue weighted by molar-refractivity contribution is 0.251. The van der Waals surface area contributed by atoms with Gasteiger partial charge in [0, 0.05) is 17.1 Å². The molecule has 0 radical (unpaired) electrons. The van der Waals surface area contributed by atoms with Gasteiger partial charge in [0.05, 0.1) is 13.7 Å². The van der Waals surface area contributed by atoms with Crippen LogP contribution in [0.25, 0.3) is 0 Å². The number of ether oxygens (including phenoxy) is 1. The van der Waals surface area contributed by atoms with Crippen molar-refractivity contribution < 1.29 is 14.9 Å². The summed E-state index contributed by atoms with van der Waals surface area (Å²) in [4.78, 5) is 0. The van der Waals surface area contributed by atoms with Crippen LogP contribution in [0.3, 0.4) is 0 Å². The van der Waals surface area contributed by atoms with Gasteiger partial charge in [-0.15, -0.1) is 0 Å². The van der Waals surface area contributed by atoms with Gasteiger partial charge in [-0.1, -0.05) is 15.9 Å². The fourth-order valence-corrected chi connectivity index (χ4v) is 1.70. The van der Waals surface area contributed by atoms with E-state index in [4.69, 9.17) is 9.84 Å². The number of hydrogen-bond donors (Lipinski definition) is 3. The number of phenols is 1. The van der Waals surface area contributed by atoms with E-state index in [0.717, 1.165) is 10.0 Å². The van der Waals surface area contributed by atoms with Crippen molar-refractivity contribution >= 4 is 15.9 Å². The van der Waals surface area contributed by atoms with Crippen LogP contribution in [0.1, 0.15) is 12.5 Å².